The Labute approximate surface area is 103 Å². The van der Waals surface area contributed by atoms with Gasteiger partial charge in [0.25, 0.3) is 0 Å². The fraction of sp³-hybridized carbons (Fsp3) is 0.500. The van der Waals surface area contributed by atoms with Gasteiger partial charge in [-0.1, -0.05) is 26.8 Å². The summed E-state index contributed by atoms with van der Waals surface area (Å²) in [6.07, 6.45) is 0.847. The van der Waals surface area contributed by atoms with Crippen LogP contribution in [0.1, 0.15) is 43.1 Å². The number of carbonyl (C=O) groups excluding carboxylic acids is 1. The van der Waals surface area contributed by atoms with Crippen LogP contribution in [-0.4, -0.2) is 12.6 Å². The van der Waals surface area contributed by atoms with E-state index in [0.29, 0.717) is 17.9 Å². The van der Waals surface area contributed by atoms with Gasteiger partial charge in [-0.25, -0.2) is 4.79 Å². The van der Waals surface area contributed by atoms with E-state index >= 15 is 0 Å². The van der Waals surface area contributed by atoms with E-state index in [1.54, 1.807) is 12.1 Å². The number of carbonyl (C=O) groups is 1. The quantitative estimate of drug-likeness (QED) is 0.646. The highest BCUT2D eigenvalue weighted by Gasteiger charge is 2.13. The number of benzene rings is 1. The fourth-order valence-electron chi connectivity index (χ4n) is 1.30. The minimum atomic E-state index is -0.305. The number of nitrogens with two attached hydrogens (primary N) is 1. The van der Waals surface area contributed by atoms with Gasteiger partial charge in [-0.15, -0.1) is 0 Å². The summed E-state index contributed by atoms with van der Waals surface area (Å²) in [4.78, 5) is 11.7. The van der Waals surface area contributed by atoms with Gasteiger partial charge in [0.2, 0.25) is 0 Å². The molecule has 0 unspecified atom stereocenters. The van der Waals surface area contributed by atoms with Crippen LogP contribution in [0.3, 0.4) is 0 Å². The summed E-state index contributed by atoms with van der Waals surface area (Å²) in [5.74, 6) is -0.305. The predicted octanol–water partition coefficient (Wildman–Crippen LogP) is 3.17. The molecule has 0 radical (unpaired) electrons. The second kappa shape index (κ2) is 5.21. The topological polar surface area (TPSA) is 52.3 Å². The average Bonchev–Trinajstić information content (AvgIpc) is 2.20. The lowest BCUT2D eigenvalue weighted by Crippen LogP contribution is -2.13. The SMILES string of the molecule is Cc1ccc(C(=O)OCCC(C)(C)C)cc1N. The van der Waals surface area contributed by atoms with Crippen LogP contribution in [0.2, 0.25) is 0 Å². The Kier molecular flexibility index (Phi) is 4.16. The minimum Gasteiger partial charge on any atom is -0.462 e. The van der Waals surface area contributed by atoms with Crippen LogP contribution in [0.5, 0.6) is 0 Å². The van der Waals surface area contributed by atoms with E-state index in [-0.39, 0.29) is 11.4 Å². The first-order chi connectivity index (χ1) is 7.79. The Morgan fingerprint density at radius 2 is 2.00 bits per heavy atom. The van der Waals surface area contributed by atoms with Crippen LogP contribution in [0.25, 0.3) is 0 Å². The maximum atomic E-state index is 11.7. The summed E-state index contributed by atoms with van der Waals surface area (Å²) in [6.45, 7) is 8.69. The van der Waals surface area contributed by atoms with Crippen molar-refractivity contribution in [3.05, 3.63) is 29.3 Å². The Balaban J connectivity index is 2.56. The molecule has 0 aliphatic rings. The van der Waals surface area contributed by atoms with Crippen molar-refractivity contribution in [1.82, 2.24) is 0 Å². The van der Waals surface area contributed by atoms with E-state index in [1.807, 2.05) is 13.0 Å². The highest BCUT2D eigenvalue weighted by Crippen LogP contribution is 2.19. The van der Waals surface area contributed by atoms with E-state index in [2.05, 4.69) is 20.8 Å². The summed E-state index contributed by atoms with van der Waals surface area (Å²) in [7, 11) is 0. The summed E-state index contributed by atoms with van der Waals surface area (Å²) in [6, 6.07) is 5.23. The highest BCUT2D eigenvalue weighted by molar-refractivity contribution is 5.90. The summed E-state index contributed by atoms with van der Waals surface area (Å²) in [5.41, 5.74) is 8.03. The molecule has 0 spiro atoms. The van der Waals surface area contributed by atoms with Gasteiger partial charge in [0, 0.05) is 5.69 Å². The maximum absolute atomic E-state index is 11.7. The predicted molar refractivity (Wildman–Crippen MR) is 69.9 cm³/mol. The van der Waals surface area contributed by atoms with Crippen molar-refractivity contribution in [3.8, 4) is 0 Å². The normalized spacial score (nSPS) is 11.3. The number of aryl methyl sites for hydroxylation is 1. The third-order valence-corrected chi connectivity index (χ3v) is 2.60. The van der Waals surface area contributed by atoms with Gasteiger partial charge in [0.05, 0.1) is 12.2 Å². The highest BCUT2D eigenvalue weighted by atomic mass is 16.5. The zero-order valence-corrected chi connectivity index (χ0v) is 11.0. The van der Waals surface area contributed by atoms with Crippen LogP contribution < -0.4 is 5.73 Å². The first-order valence-electron chi connectivity index (χ1n) is 5.83. The molecular formula is C14H21NO2. The van der Waals surface area contributed by atoms with E-state index < -0.39 is 0 Å². The van der Waals surface area contributed by atoms with Gasteiger partial charge in [0.1, 0.15) is 0 Å². The van der Waals surface area contributed by atoms with Gasteiger partial charge in [-0.2, -0.15) is 0 Å². The lowest BCUT2D eigenvalue weighted by molar-refractivity contribution is 0.0465. The van der Waals surface area contributed by atoms with Crippen LogP contribution in [0.4, 0.5) is 5.69 Å². The van der Waals surface area contributed by atoms with E-state index in [4.69, 9.17) is 10.5 Å². The second-order valence-corrected chi connectivity index (χ2v) is 5.52. The smallest absolute Gasteiger partial charge is 0.338 e. The Bertz CT molecular complexity index is 405. The number of rotatable bonds is 3. The fourth-order valence-corrected chi connectivity index (χ4v) is 1.30. The molecule has 1 aromatic carbocycles. The van der Waals surface area contributed by atoms with Gasteiger partial charge in [-0.3, -0.25) is 0 Å². The monoisotopic (exact) mass is 235 g/mol. The summed E-state index contributed by atoms with van der Waals surface area (Å²) >= 11 is 0. The average molecular weight is 235 g/mol. The molecule has 0 atom stereocenters. The number of hydrogen-bond donors (Lipinski definition) is 1. The lowest BCUT2D eigenvalue weighted by atomic mass is 9.93. The molecule has 3 heteroatoms. The molecular weight excluding hydrogens is 214 g/mol. The Morgan fingerprint density at radius 1 is 1.35 bits per heavy atom. The van der Waals surface area contributed by atoms with Crippen molar-refractivity contribution in [2.24, 2.45) is 5.41 Å². The van der Waals surface area contributed by atoms with Gasteiger partial charge in [0.15, 0.2) is 0 Å². The third-order valence-electron chi connectivity index (χ3n) is 2.60. The Morgan fingerprint density at radius 3 is 2.53 bits per heavy atom. The molecule has 0 saturated carbocycles. The molecule has 0 fully saturated rings. The minimum absolute atomic E-state index is 0.173. The molecule has 0 amide bonds. The standard InChI is InChI=1S/C14H21NO2/c1-10-5-6-11(9-12(10)15)13(16)17-8-7-14(2,3)4/h5-6,9H,7-8,15H2,1-4H3. The molecule has 0 bridgehead atoms. The van der Waals surface area contributed by atoms with E-state index in [0.717, 1.165) is 12.0 Å². The molecule has 17 heavy (non-hydrogen) atoms. The molecule has 0 aliphatic carbocycles. The molecule has 1 rings (SSSR count). The molecule has 0 saturated heterocycles. The number of hydrogen-bond acceptors (Lipinski definition) is 3. The van der Waals surface area contributed by atoms with Crippen molar-refractivity contribution in [3.63, 3.8) is 0 Å². The lowest BCUT2D eigenvalue weighted by Gasteiger charge is -2.17. The molecule has 2 N–H and O–H groups in total. The van der Waals surface area contributed by atoms with Crippen LogP contribution in [-0.2, 0) is 4.74 Å². The number of nitrogen functional groups attached to an aromatic ring is 1. The van der Waals surface area contributed by atoms with Crippen LogP contribution in [0, 0.1) is 12.3 Å². The van der Waals surface area contributed by atoms with Crippen molar-refractivity contribution in [2.75, 3.05) is 12.3 Å². The first kappa shape index (κ1) is 13.6. The van der Waals surface area contributed by atoms with Crippen molar-refractivity contribution < 1.29 is 9.53 Å². The Hall–Kier alpha value is -1.51. The van der Waals surface area contributed by atoms with Crippen LogP contribution >= 0.6 is 0 Å². The van der Waals surface area contributed by atoms with E-state index in [1.165, 1.54) is 0 Å². The zero-order valence-electron chi connectivity index (χ0n) is 11.0. The molecule has 94 valence electrons. The summed E-state index contributed by atoms with van der Waals surface area (Å²) in [5, 5.41) is 0. The van der Waals surface area contributed by atoms with Crippen molar-refractivity contribution in [1.29, 1.82) is 0 Å². The molecule has 0 heterocycles. The molecule has 3 nitrogen and oxygen atoms in total. The molecule has 0 aromatic heterocycles. The largest absolute Gasteiger partial charge is 0.462 e. The van der Waals surface area contributed by atoms with E-state index in [9.17, 15) is 4.79 Å². The number of anilines is 1. The van der Waals surface area contributed by atoms with Crippen molar-refractivity contribution >= 4 is 11.7 Å². The third kappa shape index (κ3) is 4.47. The van der Waals surface area contributed by atoms with Crippen molar-refractivity contribution in [2.45, 2.75) is 34.1 Å². The second-order valence-electron chi connectivity index (χ2n) is 5.52. The number of ether oxygens (including phenoxy) is 1. The molecule has 0 aliphatic heterocycles. The molecule has 1 aromatic rings. The number of esters is 1. The van der Waals surface area contributed by atoms with Gasteiger partial charge in [-0.05, 0) is 36.5 Å². The maximum Gasteiger partial charge on any atom is 0.338 e. The first-order valence-corrected chi connectivity index (χ1v) is 5.83. The van der Waals surface area contributed by atoms with Crippen LogP contribution in [0.15, 0.2) is 18.2 Å². The van der Waals surface area contributed by atoms with Gasteiger partial charge >= 0.3 is 5.97 Å². The summed E-state index contributed by atoms with van der Waals surface area (Å²) < 4.78 is 5.20. The van der Waals surface area contributed by atoms with Gasteiger partial charge < -0.3 is 10.5 Å². The zero-order chi connectivity index (χ0) is 13.1.